The largest absolute Gasteiger partial charge is 0.368 e. The summed E-state index contributed by atoms with van der Waals surface area (Å²) in [4.78, 5) is 34.4. The fourth-order valence-corrected chi connectivity index (χ4v) is 4.75. The van der Waals surface area contributed by atoms with Crippen LogP contribution in [0.15, 0.2) is 71.5 Å². The number of carbonyl (C=O) groups excluding carboxylic acids is 1. The predicted molar refractivity (Wildman–Crippen MR) is 136 cm³/mol. The van der Waals surface area contributed by atoms with Crippen LogP contribution < -0.4 is 10.5 Å². The molecule has 180 valence electrons. The van der Waals surface area contributed by atoms with Gasteiger partial charge in [-0.25, -0.2) is 14.1 Å². The second kappa shape index (κ2) is 8.60. The van der Waals surface area contributed by atoms with E-state index in [9.17, 15) is 14.0 Å². The lowest BCUT2D eigenvalue weighted by Gasteiger charge is -2.36. The lowest BCUT2D eigenvalue weighted by molar-refractivity contribution is 0.0747. The van der Waals surface area contributed by atoms with E-state index < -0.39 is 0 Å². The zero-order valence-electron chi connectivity index (χ0n) is 19.6. The average Bonchev–Trinajstić information content (AvgIpc) is 3.33. The molecule has 2 aromatic heterocycles. The number of hydrogen-bond acceptors (Lipinski definition) is 5. The maximum atomic E-state index is 13.3. The molecule has 1 aliphatic rings. The number of carbonyl (C=O) groups is 1. The van der Waals surface area contributed by atoms with E-state index in [1.165, 1.54) is 12.1 Å². The molecule has 1 fully saturated rings. The molecule has 9 heteroatoms. The van der Waals surface area contributed by atoms with Gasteiger partial charge in [0.1, 0.15) is 11.5 Å². The smallest absolute Gasteiger partial charge is 0.281 e. The minimum atomic E-state index is -0.368. The number of hydrogen-bond donors (Lipinski definition) is 1. The number of benzene rings is 3. The zero-order valence-corrected chi connectivity index (χ0v) is 19.6. The Morgan fingerprint density at radius 3 is 2.50 bits per heavy atom. The molecule has 8 nitrogen and oxygen atoms in total. The maximum absolute atomic E-state index is 13.3. The molecule has 36 heavy (non-hydrogen) atoms. The van der Waals surface area contributed by atoms with E-state index in [2.05, 4.69) is 20.2 Å². The molecular formula is C27H23FN6O2. The Morgan fingerprint density at radius 1 is 0.972 bits per heavy atom. The summed E-state index contributed by atoms with van der Waals surface area (Å²) in [5.74, 6) is -0.373. The van der Waals surface area contributed by atoms with E-state index in [1.807, 2.05) is 31.2 Å². The number of piperazine rings is 1. The van der Waals surface area contributed by atoms with Crippen molar-refractivity contribution in [3.8, 4) is 11.3 Å². The summed E-state index contributed by atoms with van der Waals surface area (Å²) in [7, 11) is 0. The number of aromatic nitrogens is 4. The number of anilines is 1. The quantitative estimate of drug-likeness (QED) is 0.424. The van der Waals surface area contributed by atoms with Gasteiger partial charge in [0.2, 0.25) is 0 Å². The highest BCUT2D eigenvalue weighted by atomic mass is 19.1. The third kappa shape index (κ3) is 3.78. The fraction of sp³-hybridized carbons (Fsp3) is 0.185. The van der Waals surface area contributed by atoms with Crippen molar-refractivity contribution in [2.24, 2.45) is 0 Å². The molecule has 1 amide bonds. The first kappa shape index (κ1) is 22.0. The predicted octanol–water partition coefficient (Wildman–Crippen LogP) is 3.65. The summed E-state index contributed by atoms with van der Waals surface area (Å²) in [5, 5.41) is 7.78. The lowest BCUT2D eigenvalue weighted by atomic mass is 10.1. The third-order valence-electron chi connectivity index (χ3n) is 6.66. The van der Waals surface area contributed by atoms with Crippen LogP contribution in [-0.2, 0) is 0 Å². The number of aromatic amines is 1. The fourth-order valence-electron chi connectivity index (χ4n) is 4.75. The van der Waals surface area contributed by atoms with Gasteiger partial charge in [0, 0.05) is 43.0 Å². The molecule has 0 spiro atoms. The molecule has 0 saturated carbocycles. The number of aryl methyl sites for hydroxylation is 1. The van der Waals surface area contributed by atoms with Gasteiger partial charge in [-0.2, -0.15) is 10.1 Å². The van der Waals surface area contributed by atoms with Crippen molar-refractivity contribution in [3.63, 3.8) is 0 Å². The third-order valence-corrected chi connectivity index (χ3v) is 6.66. The summed E-state index contributed by atoms with van der Waals surface area (Å²) in [6, 6.07) is 19.3. The highest BCUT2D eigenvalue weighted by molar-refractivity contribution is 5.98. The first-order chi connectivity index (χ1) is 17.5. The summed E-state index contributed by atoms with van der Waals surface area (Å²) in [5.41, 5.74) is 4.52. The van der Waals surface area contributed by atoms with Gasteiger partial charge in [-0.3, -0.25) is 9.59 Å². The molecule has 0 radical (unpaired) electrons. The van der Waals surface area contributed by atoms with Gasteiger partial charge in [0.15, 0.2) is 5.65 Å². The topological polar surface area (TPSA) is 86.6 Å². The van der Waals surface area contributed by atoms with Crippen LogP contribution in [0, 0.1) is 12.7 Å². The summed E-state index contributed by atoms with van der Waals surface area (Å²) in [6.45, 7) is 4.38. The van der Waals surface area contributed by atoms with Crippen LogP contribution in [0.1, 0.15) is 15.9 Å². The van der Waals surface area contributed by atoms with Gasteiger partial charge in [0.05, 0.1) is 10.9 Å². The SMILES string of the molecule is Cc1cccc(-c2n[nH]n3c2nc(=O)c2ccc(C(=O)N4CCN(c5ccc(F)cc5)CC4)cc23)c1. The van der Waals surface area contributed by atoms with Gasteiger partial charge in [-0.15, -0.1) is 0 Å². The van der Waals surface area contributed by atoms with E-state index >= 15 is 0 Å². The van der Waals surface area contributed by atoms with E-state index in [0.717, 1.165) is 16.8 Å². The molecule has 1 aliphatic heterocycles. The second-order valence-electron chi connectivity index (χ2n) is 8.99. The van der Waals surface area contributed by atoms with Crippen molar-refractivity contribution >= 4 is 28.1 Å². The standard InChI is InChI=1S/C27H23FN6O2/c1-17-3-2-4-18(15-17)24-25-29-26(35)22-10-5-19(16-23(22)34(25)31-30-24)27(36)33-13-11-32(12-14-33)21-8-6-20(28)7-9-21/h2-10,15-16,31H,11-14H2,1H3. The normalized spacial score (nSPS) is 14.1. The Balaban J connectivity index is 1.31. The van der Waals surface area contributed by atoms with Crippen molar-refractivity contribution < 1.29 is 9.18 Å². The van der Waals surface area contributed by atoms with Crippen LogP contribution in [0.2, 0.25) is 0 Å². The number of nitrogens with one attached hydrogen (secondary N) is 1. The zero-order chi connectivity index (χ0) is 24.8. The number of rotatable bonds is 3. The molecule has 3 aromatic carbocycles. The molecule has 0 bridgehead atoms. The molecule has 5 aromatic rings. The van der Waals surface area contributed by atoms with Crippen molar-refractivity contribution in [3.05, 3.63) is 94.0 Å². The summed E-state index contributed by atoms with van der Waals surface area (Å²) >= 11 is 0. The van der Waals surface area contributed by atoms with E-state index in [-0.39, 0.29) is 17.3 Å². The Bertz CT molecular complexity index is 1670. The molecule has 1 saturated heterocycles. The Morgan fingerprint density at radius 2 is 1.75 bits per heavy atom. The van der Waals surface area contributed by atoms with E-state index in [4.69, 9.17) is 0 Å². The van der Waals surface area contributed by atoms with Gasteiger partial charge in [-0.1, -0.05) is 23.8 Å². The monoisotopic (exact) mass is 482 g/mol. The van der Waals surface area contributed by atoms with Crippen molar-refractivity contribution in [2.75, 3.05) is 31.1 Å². The van der Waals surface area contributed by atoms with Crippen LogP contribution in [0.3, 0.4) is 0 Å². The molecule has 6 rings (SSSR count). The first-order valence-electron chi connectivity index (χ1n) is 11.8. The van der Waals surface area contributed by atoms with E-state index in [0.29, 0.717) is 54.0 Å². The van der Waals surface area contributed by atoms with Gasteiger partial charge in [-0.05, 0) is 55.5 Å². The van der Waals surface area contributed by atoms with Crippen LogP contribution in [0.5, 0.6) is 0 Å². The highest BCUT2D eigenvalue weighted by Gasteiger charge is 2.23. The lowest BCUT2D eigenvalue weighted by Crippen LogP contribution is -2.48. The first-order valence-corrected chi connectivity index (χ1v) is 11.8. The van der Waals surface area contributed by atoms with Crippen LogP contribution in [0.4, 0.5) is 10.1 Å². The highest BCUT2D eigenvalue weighted by Crippen LogP contribution is 2.24. The Hall–Kier alpha value is -4.53. The number of H-pyrrole nitrogens is 1. The van der Waals surface area contributed by atoms with Gasteiger partial charge >= 0.3 is 0 Å². The minimum Gasteiger partial charge on any atom is -0.368 e. The minimum absolute atomic E-state index is 0.105. The maximum Gasteiger partial charge on any atom is 0.281 e. The molecular weight excluding hydrogens is 459 g/mol. The van der Waals surface area contributed by atoms with Crippen LogP contribution >= 0.6 is 0 Å². The Kier molecular flexibility index (Phi) is 5.25. The summed E-state index contributed by atoms with van der Waals surface area (Å²) in [6.07, 6.45) is 0. The van der Waals surface area contributed by atoms with Gasteiger partial charge < -0.3 is 9.80 Å². The molecule has 0 unspecified atom stereocenters. The van der Waals surface area contributed by atoms with Crippen molar-refractivity contribution in [2.45, 2.75) is 6.92 Å². The Labute approximate surface area is 205 Å². The molecule has 1 N–H and O–H groups in total. The number of amides is 1. The molecule has 0 atom stereocenters. The van der Waals surface area contributed by atoms with Crippen molar-refractivity contribution in [1.29, 1.82) is 0 Å². The number of nitrogens with zero attached hydrogens (tertiary/aromatic N) is 5. The number of fused-ring (bicyclic) bond motifs is 3. The number of halogens is 1. The van der Waals surface area contributed by atoms with E-state index in [1.54, 1.807) is 39.7 Å². The van der Waals surface area contributed by atoms with Crippen LogP contribution in [-0.4, -0.2) is 56.8 Å². The second-order valence-corrected chi connectivity index (χ2v) is 8.99. The van der Waals surface area contributed by atoms with Gasteiger partial charge in [0.25, 0.3) is 11.5 Å². The van der Waals surface area contributed by atoms with Crippen LogP contribution in [0.25, 0.3) is 27.8 Å². The van der Waals surface area contributed by atoms with Crippen molar-refractivity contribution in [1.82, 2.24) is 24.7 Å². The molecule has 3 heterocycles. The average molecular weight is 483 g/mol. The molecule has 0 aliphatic carbocycles. The summed E-state index contributed by atoms with van der Waals surface area (Å²) < 4.78 is 14.9.